The van der Waals surface area contributed by atoms with Crippen molar-refractivity contribution in [2.75, 3.05) is 37.8 Å². The summed E-state index contributed by atoms with van der Waals surface area (Å²) in [6, 6.07) is 24.5. The number of anilines is 2. The summed E-state index contributed by atoms with van der Waals surface area (Å²) in [7, 11) is 4.09. The molecule has 0 aliphatic rings. The Hall–Kier alpha value is -4.16. The lowest BCUT2D eigenvalue weighted by atomic mass is 9.92. The largest absolute Gasteiger partial charge is 0.399 e. The molecule has 0 radical (unpaired) electrons. The zero-order valence-electron chi connectivity index (χ0n) is 21.0. The van der Waals surface area contributed by atoms with Crippen LogP contribution in [0.5, 0.6) is 0 Å². The summed E-state index contributed by atoms with van der Waals surface area (Å²) in [5.41, 5.74) is 13.9. The number of aromatic nitrogens is 2. The van der Waals surface area contributed by atoms with Crippen LogP contribution in [0.3, 0.4) is 0 Å². The molecule has 3 N–H and O–H groups in total. The molecule has 0 unspecified atom stereocenters. The van der Waals surface area contributed by atoms with Gasteiger partial charge in [0.2, 0.25) is 5.91 Å². The third-order valence-corrected chi connectivity index (χ3v) is 6.56. The maximum atomic E-state index is 12.4. The van der Waals surface area contributed by atoms with Crippen molar-refractivity contribution in [2.45, 2.75) is 13.3 Å². The van der Waals surface area contributed by atoms with Gasteiger partial charge in [0, 0.05) is 58.5 Å². The van der Waals surface area contributed by atoms with Crippen LogP contribution in [0.25, 0.3) is 44.2 Å². The number of aromatic amines is 1. The average Bonchev–Trinajstić information content (AvgIpc) is 3.24. The van der Waals surface area contributed by atoms with Crippen molar-refractivity contribution in [3.8, 4) is 22.3 Å². The van der Waals surface area contributed by atoms with E-state index >= 15 is 0 Å². The third-order valence-electron chi connectivity index (χ3n) is 6.56. The minimum Gasteiger partial charge on any atom is -0.399 e. The highest BCUT2D eigenvalue weighted by Crippen LogP contribution is 2.41. The van der Waals surface area contributed by atoms with Crippen LogP contribution in [0.2, 0.25) is 0 Å². The second-order valence-electron chi connectivity index (χ2n) is 9.44. The summed E-state index contributed by atoms with van der Waals surface area (Å²) in [5.74, 6) is 0.0472. The van der Waals surface area contributed by atoms with Gasteiger partial charge in [-0.15, -0.1) is 0 Å². The maximum Gasteiger partial charge on any atom is 0.223 e. The summed E-state index contributed by atoms with van der Waals surface area (Å²) in [5, 5.41) is 2.11. The molecule has 0 saturated carbocycles. The topological polar surface area (TPSA) is 78.2 Å². The van der Waals surface area contributed by atoms with Gasteiger partial charge in [-0.1, -0.05) is 42.5 Å². The van der Waals surface area contributed by atoms with Crippen molar-refractivity contribution in [3.63, 3.8) is 0 Å². The summed E-state index contributed by atoms with van der Waals surface area (Å²) in [6.45, 7) is 3.24. The number of hydrogen-bond donors (Lipinski definition) is 2. The van der Waals surface area contributed by atoms with Crippen LogP contribution >= 0.6 is 0 Å². The highest BCUT2D eigenvalue weighted by Gasteiger charge is 2.18. The quantitative estimate of drug-likeness (QED) is 0.285. The lowest BCUT2D eigenvalue weighted by Crippen LogP contribution is -2.31. The minimum absolute atomic E-state index is 0.0472. The summed E-state index contributed by atoms with van der Waals surface area (Å²) in [4.78, 5) is 24.6. The van der Waals surface area contributed by atoms with Crippen molar-refractivity contribution < 1.29 is 4.79 Å². The van der Waals surface area contributed by atoms with E-state index in [1.807, 2.05) is 61.6 Å². The molecule has 0 bridgehead atoms. The lowest BCUT2D eigenvalue weighted by molar-refractivity contribution is -0.116. The van der Waals surface area contributed by atoms with Gasteiger partial charge in [0.05, 0.1) is 0 Å². The number of carbonyl (C=O) groups excluding carboxylic acids is 1. The Balaban J connectivity index is 1.62. The van der Waals surface area contributed by atoms with Crippen LogP contribution in [-0.4, -0.2) is 48.0 Å². The second kappa shape index (κ2) is 9.84. The first-order valence-corrected chi connectivity index (χ1v) is 12.2. The van der Waals surface area contributed by atoms with Gasteiger partial charge in [-0.2, -0.15) is 0 Å². The van der Waals surface area contributed by atoms with E-state index in [2.05, 4.69) is 46.3 Å². The molecule has 5 aromatic rings. The van der Waals surface area contributed by atoms with E-state index in [0.717, 1.165) is 68.5 Å². The van der Waals surface area contributed by atoms with E-state index in [4.69, 9.17) is 10.7 Å². The number of pyridine rings is 1. The van der Waals surface area contributed by atoms with E-state index in [-0.39, 0.29) is 5.91 Å². The number of amides is 1. The van der Waals surface area contributed by atoms with Crippen molar-refractivity contribution in [1.82, 2.24) is 14.9 Å². The van der Waals surface area contributed by atoms with Gasteiger partial charge in [-0.25, -0.2) is 4.98 Å². The Morgan fingerprint density at radius 2 is 1.69 bits per heavy atom. The lowest BCUT2D eigenvalue weighted by Gasteiger charge is -2.22. The summed E-state index contributed by atoms with van der Waals surface area (Å²) < 4.78 is 0. The van der Waals surface area contributed by atoms with E-state index in [1.165, 1.54) is 0 Å². The molecule has 5 rings (SSSR count). The molecule has 0 aliphatic carbocycles. The highest BCUT2D eigenvalue weighted by molar-refractivity contribution is 6.16. The zero-order valence-corrected chi connectivity index (χ0v) is 21.0. The SMILES string of the molecule is CC(=O)N(CCCN(C)C)c1ccc(-c2cnc3[nH]c4ccc(N)cc4c3c2-c2ccccc2)cc1. The fourth-order valence-corrected chi connectivity index (χ4v) is 4.83. The molecule has 182 valence electrons. The zero-order chi connectivity index (χ0) is 25.2. The number of fused-ring (bicyclic) bond motifs is 3. The number of rotatable bonds is 7. The van der Waals surface area contributed by atoms with Gasteiger partial charge in [0.15, 0.2) is 0 Å². The Labute approximate surface area is 211 Å². The number of carbonyl (C=O) groups is 1. The highest BCUT2D eigenvalue weighted by atomic mass is 16.2. The summed E-state index contributed by atoms with van der Waals surface area (Å²) in [6.07, 6.45) is 2.84. The summed E-state index contributed by atoms with van der Waals surface area (Å²) >= 11 is 0. The normalized spacial score (nSPS) is 11.4. The number of hydrogen-bond acceptors (Lipinski definition) is 4. The average molecular weight is 478 g/mol. The number of H-pyrrole nitrogens is 1. The first-order valence-electron chi connectivity index (χ1n) is 12.2. The minimum atomic E-state index is 0.0472. The van der Waals surface area contributed by atoms with E-state index in [1.54, 1.807) is 6.92 Å². The van der Waals surface area contributed by atoms with Crippen LogP contribution < -0.4 is 10.6 Å². The molecule has 0 atom stereocenters. The Morgan fingerprint density at radius 3 is 2.39 bits per heavy atom. The fraction of sp³-hybridized carbons (Fsp3) is 0.200. The molecule has 2 aromatic heterocycles. The third kappa shape index (κ3) is 4.55. The van der Waals surface area contributed by atoms with Gasteiger partial charge >= 0.3 is 0 Å². The fourth-order valence-electron chi connectivity index (χ4n) is 4.83. The molecular formula is C30H31N5O. The van der Waals surface area contributed by atoms with Gasteiger partial charge in [0.25, 0.3) is 0 Å². The van der Waals surface area contributed by atoms with E-state index in [9.17, 15) is 4.79 Å². The van der Waals surface area contributed by atoms with E-state index < -0.39 is 0 Å². The van der Waals surface area contributed by atoms with Crippen LogP contribution in [0, 0.1) is 0 Å². The van der Waals surface area contributed by atoms with Crippen LogP contribution in [0.4, 0.5) is 11.4 Å². The molecular weight excluding hydrogens is 446 g/mol. The number of benzene rings is 3. The van der Waals surface area contributed by atoms with Gasteiger partial charge in [0.1, 0.15) is 5.65 Å². The Bertz CT molecular complexity index is 1520. The number of nitrogens with two attached hydrogens (primary N) is 1. The molecule has 3 aromatic carbocycles. The number of nitrogen functional groups attached to an aromatic ring is 1. The molecule has 6 heteroatoms. The monoisotopic (exact) mass is 477 g/mol. The van der Waals surface area contributed by atoms with Crippen molar-refractivity contribution in [3.05, 3.63) is 79.0 Å². The Kier molecular flexibility index (Phi) is 6.44. The van der Waals surface area contributed by atoms with Crippen LogP contribution in [0.15, 0.2) is 79.0 Å². The number of nitrogens with one attached hydrogen (secondary N) is 1. The predicted octanol–water partition coefficient (Wildman–Crippen LogP) is 5.94. The van der Waals surface area contributed by atoms with E-state index in [0.29, 0.717) is 6.54 Å². The van der Waals surface area contributed by atoms with Crippen molar-refractivity contribution >= 4 is 39.2 Å². The van der Waals surface area contributed by atoms with Gasteiger partial charge in [-0.3, -0.25) is 4.79 Å². The van der Waals surface area contributed by atoms with Gasteiger partial charge < -0.3 is 20.5 Å². The predicted molar refractivity (Wildman–Crippen MR) is 150 cm³/mol. The first-order chi connectivity index (χ1) is 17.4. The molecule has 1 amide bonds. The molecule has 0 saturated heterocycles. The van der Waals surface area contributed by atoms with Crippen molar-refractivity contribution in [2.24, 2.45) is 0 Å². The molecule has 36 heavy (non-hydrogen) atoms. The van der Waals surface area contributed by atoms with Crippen LogP contribution in [-0.2, 0) is 4.79 Å². The number of nitrogens with zero attached hydrogens (tertiary/aromatic N) is 3. The molecule has 0 aliphatic heterocycles. The molecule has 6 nitrogen and oxygen atoms in total. The smallest absolute Gasteiger partial charge is 0.223 e. The first kappa shape index (κ1) is 23.6. The van der Waals surface area contributed by atoms with Crippen molar-refractivity contribution in [1.29, 1.82) is 0 Å². The Morgan fingerprint density at radius 1 is 0.944 bits per heavy atom. The molecule has 2 heterocycles. The second-order valence-corrected chi connectivity index (χ2v) is 9.44. The van der Waals surface area contributed by atoms with Crippen LogP contribution in [0.1, 0.15) is 13.3 Å². The maximum absolute atomic E-state index is 12.4. The molecule has 0 spiro atoms. The van der Waals surface area contributed by atoms with Gasteiger partial charge in [-0.05, 0) is 68.5 Å². The molecule has 0 fully saturated rings. The standard InChI is InChI=1S/C30H31N5O/c1-20(36)35(17-7-16-34(2)3)24-13-10-21(11-14-24)26-19-32-30-29(28(26)22-8-5-4-6-9-22)25-18-23(31)12-15-27(25)33-30/h4-6,8-15,18-19H,7,16-17,31H2,1-3H3,(H,32,33).